The van der Waals surface area contributed by atoms with Crippen LogP contribution < -0.4 is 9.80 Å². The Bertz CT molecular complexity index is 1640. The Kier molecular flexibility index (Phi) is 7.51. The van der Waals surface area contributed by atoms with Crippen LogP contribution in [0.25, 0.3) is 11.1 Å². The van der Waals surface area contributed by atoms with Gasteiger partial charge in [-0.25, -0.2) is 0 Å². The number of rotatable bonds is 8. The summed E-state index contributed by atoms with van der Waals surface area (Å²) in [7, 11) is 0. The number of anilines is 4. The quantitative estimate of drug-likeness (QED) is 0.197. The minimum absolute atomic E-state index is 0.228. The number of benzene rings is 4. The van der Waals surface area contributed by atoms with Crippen molar-refractivity contribution in [2.45, 2.75) is 26.2 Å². The van der Waals surface area contributed by atoms with Crippen LogP contribution in [0.2, 0.25) is 10.0 Å². The van der Waals surface area contributed by atoms with Crippen molar-refractivity contribution in [2.24, 2.45) is 0 Å². The van der Waals surface area contributed by atoms with Crippen LogP contribution >= 0.6 is 23.2 Å². The summed E-state index contributed by atoms with van der Waals surface area (Å²) in [4.78, 5) is 4.32. The lowest BCUT2D eigenvalue weighted by molar-refractivity contribution is 0.660. The predicted molar refractivity (Wildman–Crippen MR) is 174 cm³/mol. The SMILES string of the molecule is C=CC(=C)N(c1ccc(Cl)cc1)c1ccc2c(c1)C(C)(C)c1cc(N(/C(C=C)=C/C)c3ccc(Cl)cc3)ccc1-2. The summed E-state index contributed by atoms with van der Waals surface area (Å²) in [6.45, 7) is 18.9. The highest BCUT2D eigenvalue weighted by Gasteiger charge is 2.36. The molecule has 0 unspecified atom stereocenters. The van der Waals surface area contributed by atoms with Crippen LogP contribution in [-0.4, -0.2) is 0 Å². The Labute approximate surface area is 247 Å². The first-order valence-corrected chi connectivity index (χ1v) is 14.0. The Morgan fingerprint density at radius 1 is 0.650 bits per heavy atom. The number of halogens is 2. The molecule has 0 amide bonds. The van der Waals surface area contributed by atoms with Crippen LogP contribution in [-0.2, 0) is 5.41 Å². The normalized spacial score (nSPS) is 13.3. The van der Waals surface area contributed by atoms with Crippen LogP contribution in [0.1, 0.15) is 31.9 Å². The molecule has 200 valence electrons. The van der Waals surface area contributed by atoms with Gasteiger partial charge in [-0.15, -0.1) is 0 Å². The lowest BCUT2D eigenvalue weighted by Crippen LogP contribution is -2.19. The number of hydrogen-bond donors (Lipinski definition) is 0. The van der Waals surface area contributed by atoms with E-state index in [-0.39, 0.29) is 5.41 Å². The van der Waals surface area contributed by atoms with Crippen LogP contribution in [0.3, 0.4) is 0 Å². The van der Waals surface area contributed by atoms with Crippen LogP contribution in [0.5, 0.6) is 0 Å². The summed E-state index contributed by atoms with van der Waals surface area (Å²) in [6.07, 6.45) is 5.72. The van der Waals surface area contributed by atoms with E-state index in [0.29, 0.717) is 10.0 Å². The molecule has 0 saturated heterocycles. The summed E-state index contributed by atoms with van der Waals surface area (Å²) in [5.41, 5.74) is 10.7. The number of fused-ring (bicyclic) bond motifs is 3. The van der Waals surface area contributed by atoms with Gasteiger partial charge < -0.3 is 9.80 Å². The van der Waals surface area contributed by atoms with E-state index in [0.717, 1.165) is 34.1 Å². The predicted octanol–water partition coefficient (Wildman–Crippen LogP) is 11.4. The topological polar surface area (TPSA) is 6.48 Å². The molecule has 0 N–H and O–H groups in total. The molecule has 0 radical (unpaired) electrons. The van der Waals surface area contributed by atoms with Crippen LogP contribution in [0.15, 0.2) is 134 Å². The van der Waals surface area contributed by atoms with Gasteiger partial charge in [0.05, 0.1) is 0 Å². The average molecular weight is 564 g/mol. The number of nitrogens with zero attached hydrogens (tertiary/aromatic N) is 2. The fourth-order valence-corrected chi connectivity index (χ4v) is 5.78. The van der Waals surface area contributed by atoms with E-state index in [1.807, 2.05) is 61.5 Å². The maximum Gasteiger partial charge on any atom is 0.0464 e. The molecule has 0 aliphatic heterocycles. The van der Waals surface area contributed by atoms with Gasteiger partial charge in [-0.3, -0.25) is 0 Å². The summed E-state index contributed by atoms with van der Waals surface area (Å²) in [6, 6.07) is 29.0. The molecule has 1 aliphatic carbocycles. The summed E-state index contributed by atoms with van der Waals surface area (Å²) >= 11 is 12.4. The first kappa shape index (κ1) is 27.6. The zero-order valence-electron chi connectivity index (χ0n) is 23.1. The average Bonchev–Trinajstić information content (AvgIpc) is 3.19. The van der Waals surface area contributed by atoms with Crippen molar-refractivity contribution >= 4 is 46.0 Å². The Balaban J connectivity index is 1.61. The third-order valence-corrected chi connectivity index (χ3v) is 8.12. The van der Waals surface area contributed by atoms with E-state index < -0.39 is 0 Å². The lowest BCUT2D eigenvalue weighted by Gasteiger charge is -2.29. The van der Waals surface area contributed by atoms with E-state index in [1.54, 1.807) is 6.08 Å². The molecule has 0 aromatic heterocycles. The molecule has 4 aromatic rings. The van der Waals surface area contributed by atoms with Gasteiger partial charge >= 0.3 is 0 Å². The standard InChI is InChI=1S/C36H32Cl2N2/c1-7-24(4)39(28-14-10-25(37)11-15-28)30-18-20-32-33-21-19-31(23-35(33)36(5,6)34(32)22-30)40(27(8-2)9-3)29-16-12-26(38)13-17-29/h7-23H,1-2,4H2,3,5-6H3/b27-9+. The molecule has 0 spiro atoms. The summed E-state index contributed by atoms with van der Waals surface area (Å²) in [5.74, 6) is 0. The van der Waals surface area contributed by atoms with Gasteiger partial charge in [-0.05, 0) is 114 Å². The van der Waals surface area contributed by atoms with Crippen molar-refractivity contribution in [1.82, 2.24) is 0 Å². The molecule has 5 rings (SSSR count). The van der Waals surface area contributed by atoms with Crippen molar-refractivity contribution in [1.29, 1.82) is 0 Å². The van der Waals surface area contributed by atoms with Crippen molar-refractivity contribution < 1.29 is 0 Å². The molecule has 0 bridgehead atoms. The van der Waals surface area contributed by atoms with Gasteiger partial charge in [0.2, 0.25) is 0 Å². The minimum atomic E-state index is -0.228. The third kappa shape index (κ3) is 4.79. The van der Waals surface area contributed by atoms with Gasteiger partial charge in [0.15, 0.2) is 0 Å². The molecule has 4 aromatic carbocycles. The molecule has 4 heteroatoms. The molecular formula is C36H32Cl2N2. The van der Waals surface area contributed by atoms with Gasteiger partial charge in [-0.1, -0.05) is 75.0 Å². The van der Waals surface area contributed by atoms with Crippen molar-refractivity contribution in [3.05, 3.63) is 155 Å². The summed E-state index contributed by atoms with van der Waals surface area (Å²) in [5, 5.41) is 1.40. The smallest absolute Gasteiger partial charge is 0.0464 e. The van der Waals surface area contributed by atoms with E-state index in [2.05, 4.69) is 85.9 Å². The van der Waals surface area contributed by atoms with Crippen molar-refractivity contribution in [2.75, 3.05) is 9.80 Å². The molecule has 0 atom stereocenters. The van der Waals surface area contributed by atoms with Crippen molar-refractivity contribution in [3.63, 3.8) is 0 Å². The minimum Gasteiger partial charge on any atom is -0.311 e. The van der Waals surface area contributed by atoms with E-state index in [4.69, 9.17) is 23.2 Å². The second-order valence-corrected chi connectivity index (χ2v) is 11.2. The first-order valence-electron chi connectivity index (χ1n) is 13.2. The zero-order valence-corrected chi connectivity index (χ0v) is 24.6. The highest BCUT2D eigenvalue weighted by Crippen LogP contribution is 2.51. The maximum atomic E-state index is 6.21. The highest BCUT2D eigenvalue weighted by atomic mass is 35.5. The first-order chi connectivity index (χ1) is 19.2. The molecule has 0 heterocycles. The van der Waals surface area contributed by atoms with E-state index in [1.165, 1.54) is 22.3 Å². The van der Waals surface area contributed by atoms with Gasteiger partial charge in [-0.2, -0.15) is 0 Å². The van der Waals surface area contributed by atoms with E-state index in [9.17, 15) is 0 Å². The molecular weight excluding hydrogens is 531 g/mol. The monoisotopic (exact) mass is 562 g/mol. The van der Waals surface area contributed by atoms with Crippen LogP contribution in [0.4, 0.5) is 22.7 Å². The number of allylic oxidation sites excluding steroid dienone is 3. The third-order valence-electron chi connectivity index (χ3n) is 7.62. The van der Waals surface area contributed by atoms with Gasteiger partial charge in [0, 0.05) is 49.6 Å². The maximum absolute atomic E-state index is 6.21. The fourth-order valence-electron chi connectivity index (χ4n) is 5.53. The van der Waals surface area contributed by atoms with Gasteiger partial charge in [0.1, 0.15) is 0 Å². The zero-order chi connectivity index (χ0) is 28.6. The molecule has 1 aliphatic rings. The summed E-state index contributed by atoms with van der Waals surface area (Å²) < 4.78 is 0. The highest BCUT2D eigenvalue weighted by molar-refractivity contribution is 6.31. The molecule has 0 saturated carbocycles. The van der Waals surface area contributed by atoms with Gasteiger partial charge in [0.25, 0.3) is 0 Å². The van der Waals surface area contributed by atoms with Crippen LogP contribution in [0, 0.1) is 0 Å². The largest absolute Gasteiger partial charge is 0.311 e. The fraction of sp³-hybridized carbons (Fsp3) is 0.111. The molecule has 2 nitrogen and oxygen atoms in total. The Hall–Kier alpha value is -3.98. The van der Waals surface area contributed by atoms with E-state index >= 15 is 0 Å². The number of hydrogen-bond acceptors (Lipinski definition) is 2. The molecule has 40 heavy (non-hydrogen) atoms. The van der Waals surface area contributed by atoms with Crippen molar-refractivity contribution in [3.8, 4) is 11.1 Å². The second-order valence-electron chi connectivity index (χ2n) is 10.3. The Morgan fingerprint density at radius 2 is 1.07 bits per heavy atom. The second kappa shape index (κ2) is 10.9. The lowest BCUT2D eigenvalue weighted by atomic mass is 9.82. The molecule has 0 fully saturated rings. The Morgan fingerprint density at radius 3 is 1.50 bits per heavy atom.